The maximum Gasteiger partial charge on any atom is 0.414 e. The zero-order valence-corrected chi connectivity index (χ0v) is 12.1. The van der Waals surface area contributed by atoms with Gasteiger partial charge in [0.2, 0.25) is 5.91 Å². The Labute approximate surface area is 125 Å². The summed E-state index contributed by atoms with van der Waals surface area (Å²) in [7, 11) is 0. The molecule has 1 atom stereocenters. The maximum atomic E-state index is 12.4. The number of nitrogens with one attached hydrogen (secondary N) is 1. The minimum absolute atomic E-state index is 0.0702. The van der Waals surface area contributed by atoms with Crippen molar-refractivity contribution in [1.82, 2.24) is 10.1 Å². The summed E-state index contributed by atoms with van der Waals surface area (Å²) in [6.07, 6.45) is -6.47. The molecular weight excluding hydrogens is 303 g/mol. The molecule has 1 aliphatic heterocycles. The summed E-state index contributed by atoms with van der Waals surface area (Å²) < 4.78 is 42.1. The van der Waals surface area contributed by atoms with Gasteiger partial charge in [0.1, 0.15) is 5.76 Å². The molecule has 1 unspecified atom stereocenters. The predicted molar refractivity (Wildman–Crippen MR) is 71.1 cm³/mol. The van der Waals surface area contributed by atoms with Crippen molar-refractivity contribution in [1.29, 1.82) is 0 Å². The topological polar surface area (TPSA) is 78.6 Å². The molecule has 0 aromatic carbocycles. The first kappa shape index (κ1) is 16.8. The van der Waals surface area contributed by atoms with Gasteiger partial charge in [-0.1, -0.05) is 5.16 Å². The van der Waals surface area contributed by atoms with Gasteiger partial charge in [-0.2, -0.15) is 13.2 Å². The third-order valence-corrected chi connectivity index (χ3v) is 3.68. The number of rotatable bonds is 4. The molecule has 0 spiro atoms. The SMILES string of the molecule is Cc1cc(NC(=O)CN2CCC(C(O)C(F)(F)F)CC2)no1. The van der Waals surface area contributed by atoms with E-state index < -0.39 is 18.2 Å². The van der Waals surface area contributed by atoms with Crippen LogP contribution in [0.15, 0.2) is 10.6 Å². The van der Waals surface area contributed by atoms with E-state index in [0.29, 0.717) is 24.7 Å². The number of hydrogen-bond donors (Lipinski definition) is 2. The Bertz CT molecular complexity index is 510. The number of likely N-dealkylation sites (tertiary alicyclic amines) is 1. The molecule has 0 bridgehead atoms. The van der Waals surface area contributed by atoms with Crippen LogP contribution in [0.4, 0.5) is 19.0 Å². The number of aryl methyl sites for hydroxylation is 1. The van der Waals surface area contributed by atoms with Gasteiger partial charge in [-0.3, -0.25) is 9.69 Å². The van der Waals surface area contributed by atoms with E-state index in [1.54, 1.807) is 17.9 Å². The van der Waals surface area contributed by atoms with Gasteiger partial charge in [-0.25, -0.2) is 0 Å². The molecule has 2 N–H and O–H groups in total. The molecule has 0 aliphatic carbocycles. The number of carbonyl (C=O) groups excluding carboxylic acids is 1. The molecule has 1 fully saturated rings. The summed E-state index contributed by atoms with van der Waals surface area (Å²) in [4.78, 5) is 13.6. The summed E-state index contributed by atoms with van der Waals surface area (Å²) >= 11 is 0. The van der Waals surface area contributed by atoms with Crippen molar-refractivity contribution in [3.63, 3.8) is 0 Å². The predicted octanol–water partition coefficient (Wildman–Crippen LogP) is 1.56. The molecular formula is C13H18F3N3O3. The van der Waals surface area contributed by atoms with Crippen LogP contribution in [0.2, 0.25) is 0 Å². The molecule has 1 saturated heterocycles. The lowest BCUT2D eigenvalue weighted by Gasteiger charge is -2.34. The molecule has 1 amide bonds. The van der Waals surface area contributed by atoms with Gasteiger partial charge in [0.15, 0.2) is 11.9 Å². The van der Waals surface area contributed by atoms with Crippen LogP contribution in [-0.4, -0.2) is 53.0 Å². The van der Waals surface area contributed by atoms with Crippen LogP contribution in [0.3, 0.4) is 0 Å². The molecule has 2 heterocycles. The van der Waals surface area contributed by atoms with Gasteiger partial charge >= 0.3 is 6.18 Å². The Morgan fingerprint density at radius 1 is 1.55 bits per heavy atom. The minimum atomic E-state index is -4.59. The molecule has 1 aromatic rings. The molecule has 9 heteroatoms. The van der Waals surface area contributed by atoms with Crippen LogP contribution in [-0.2, 0) is 4.79 Å². The van der Waals surface area contributed by atoms with E-state index >= 15 is 0 Å². The number of piperidine rings is 1. The van der Waals surface area contributed by atoms with Crippen LogP contribution in [0.5, 0.6) is 0 Å². The van der Waals surface area contributed by atoms with Gasteiger partial charge in [0.25, 0.3) is 0 Å². The zero-order valence-electron chi connectivity index (χ0n) is 12.1. The molecule has 1 aromatic heterocycles. The van der Waals surface area contributed by atoms with E-state index in [0.717, 1.165) is 0 Å². The third-order valence-electron chi connectivity index (χ3n) is 3.68. The molecule has 1 aliphatic rings. The molecule has 22 heavy (non-hydrogen) atoms. The van der Waals surface area contributed by atoms with Crippen molar-refractivity contribution >= 4 is 11.7 Å². The quantitative estimate of drug-likeness (QED) is 0.880. The first-order valence-electron chi connectivity index (χ1n) is 6.96. The molecule has 0 radical (unpaired) electrons. The number of carbonyl (C=O) groups is 1. The fourth-order valence-corrected chi connectivity index (χ4v) is 2.50. The fraction of sp³-hybridized carbons (Fsp3) is 0.692. The van der Waals surface area contributed by atoms with Crippen molar-refractivity contribution in [2.24, 2.45) is 5.92 Å². The number of nitrogens with zero attached hydrogens (tertiary/aromatic N) is 2. The van der Waals surface area contributed by atoms with Gasteiger partial charge < -0.3 is 14.9 Å². The lowest BCUT2D eigenvalue weighted by Crippen LogP contribution is -2.45. The van der Waals surface area contributed by atoms with E-state index in [1.807, 2.05) is 0 Å². The maximum absolute atomic E-state index is 12.4. The van der Waals surface area contributed by atoms with Gasteiger partial charge in [0.05, 0.1) is 6.54 Å². The highest BCUT2D eigenvalue weighted by molar-refractivity contribution is 5.91. The molecule has 6 nitrogen and oxygen atoms in total. The Balaban J connectivity index is 1.76. The van der Waals surface area contributed by atoms with Crippen LogP contribution in [0.1, 0.15) is 18.6 Å². The molecule has 124 valence electrons. The summed E-state index contributed by atoms with van der Waals surface area (Å²) in [5, 5.41) is 15.4. The summed E-state index contributed by atoms with van der Waals surface area (Å²) in [6, 6.07) is 1.57. The highest BCUT2D eigenvalue weighted by Crippen LogP contribution is 2.31. The normalized spacial score (nSPS) is 19.1. The zero-order chi connectivity index (χ0) is 16.3. The number of aliphatic hydroxyl groups excluding tert-OH is 1. The highest BCUT2D eigenvalue weighted by Gasteiger charge is 2.44. The second-order valence-electron chi connectivity index (χ2n) is 5.47. The first-order chi connectivity index (χ1) is 10.3. The Hall–Kier alpha value is -1.61. The number of aliphatic hydroxyl groups is 1. The van der Waals surface area contributed by atoms with E-state index in [1.165, 1.54) is 0 Å². The average Bonchev–Trinajstić information content (AvgIpc) is 2.83. The monoisotopic (exact) mass is 321 g/mol. The standard InChI is InChI=1S/C13H18F3N3O3/c1-8-6-10(18-22-8)17-11(20)7-19-4-2-9(3-5-19)12(21)13(14,15)16/h6,9,12,21H,2-5,7H2,1H3,(H,17,18,20). The van der Waals surface area contributed by atoms with Gasteiger partial charge in [0, 0.05) is 6.07 Å². The highest BCUT2D eigenvalue weighted by atomic mass is 19.4. The first-order valence-corrected chi connectivity index (χ1v) is 6.96. The van der Waals surface area contributed by atoms with Crippen LogP contribution < -0.4 is 5.32 Å². The Morgan fingerprint density at radius 3 is 2.68 bits per heavy atom. The largest absolute Gasteiger partial charge is 0.414 e. The minimum Gasteiger partial charge on any atom is -0.383 e. The van der Waals surface area contributed by atoms with E-state index in [2.05, 4.69) is 10.5 Å². The fourth-order valence-electron chi connectivity index (χ4n) is 2.50. The van der Waals surface area contributed by atoms with Gasteiger partial charge in [-0.15, -0.1) is 0 Å². The van der Waals surface area contributed by atoms with Gasteiger partial charge in [-0.05, 0) is 38.8 Å². The number of amides is 1. The van der Waals surface area contributed by atoms with Crippen molar-refractivity contribution in [3.05, 3.63) is 11.8 Å². The van der Waals surface area contributed by atoms with Crippen molar-refractivity contribution in [2.45, 2.75) is 32.0 Å². The number of halogens is 3. The second-order valence-corrected chi connectivity index (χ2v) is 5.47. The summed E-state index contributed by atoms with van der Waals surface area (Å²) in [6.45, 7) is 2.44. The van der Waals surface area contributed by atoms with Crippen LogP contribution in [0, 0.1) is 12.8 Å². The van der Waals surface area contributed by atoms with Crippen molar-refractivity contribution < 1.29 is 27.6 Å². The van der Waals surface area contributed by atoms with Crippen molar-refractivity contribution in [3.8, 4) is 0 Å². The Kier molecular flexibility index (Phi) is 5.07. The lowest BCUT2D eigenvalue weighted by atomic mass is 9.91. The Morgan fingerprint density at radius 2 is 2.18 bits per heavy atom. The van der Waals surface area contributed by atoms with E-state index in [4.69, 9.17) is 4.52 Å². The van der Waals surface area contributed by atoms with E-state index in [-0.39, 0.29) is 25.3 Å². The van der Waals surface area contributed by atoms with Crippen molar-refractivity contribution in [2.75, 3.05) is 25.0 Å². The number of alkyl halides is 3. The third kappa shape index (κ3) is 4.44. The number of anilines is 1. The second kappa shape index (κ2) is 6.66. The number of hydrogen-bond acceptors (Lipinski definition) is 5. The summed E-state index contributed by atoms with van der Waals surface area (Å²) in [5.74, 6) is -0.234. The smallest absolute Gasteiger partial charge is 0.383 e. The van der Waals surface area contributed by atoms with Crippen LogP contribution in [0.25, 0.3) is 0 Å². The average molecular weight is 321 g/mol. The van der Waals surface area contributed by atoms with Crippen LogP contribution >= 0.6 is 0 Å². The molecule has 2 rings (SSSR count). The summed E-state index contributed by atoms with van der Waals surface area (Å²) in [5.41, 5.74) is 0. The molecule has 0 saturated carbocycles. The van der Waals surface area contributed by atoms with E-state index in [9.17, 15) is 23.1 Å². The number of aromatic nitrogens is 1. The lowest BCUT2D eigenvalue weighted by molar-refractivity contribution is -0.223.